The number of hydrogen-bond acceptors (Lipinski definition) is 3. The fraction of sp³-hybridized carbons (Fsp3) is 0.632. The Morgan fingerprint density at radius 2 is 1.76 bits per heavy atom. The van der Waals surface area contributed by atoms with Gasteiger partial charge in [-0.05, 0) is 70.4 Å². The quantitative estimate of drug-likeness (QED) is 0.873. The molecule has 1 saturated heterocycles. The summed E-state index contributed by atoms with van der Waals surface area (Å²) in [6.07, 6.45) is 3.61. The van der Waals surface area contributed by atoms with Crippen LogP contribution in [0.25, 0.3) is 0 Å². The first kappa shape index (κ1) is 18.4. The van der Waals surface area contributed by atoms with Gasteiger partial charge < -0.3 is 5.32 Å². The summed E-state index contributed by atoms with van der Waals surface area (Å²) in [5, 5.41) is 3.03. The minimum absolute atomic E-state index is 0.125. The fourth-order valence-electron chi connectivity index (χ4n) is 4.02. The maximum atomic E-state index is 13.3. The largest absolute Gasteiger partial charge is 0.352 e. The van der Waals surface area contributed by atoms with Gasteiger partial charge in [-0.25, -0.2) is 8.42 Å². The molecule has 2 atom stereocenters. The van der Waals surface area contributed by atoms with E-state index < -0.39 is 16.1 Å². The maximum absolute atomic E-state index is 13.3. The van der Waals surface area contributed by atoms with E-state index in [1.165, 1.54) is 4.31 Å². The molecule has 1 saturated carbocycles. The van der Waals surface area contributed by atoms with Crippen LogP contribution >= 0.6 is 0 Å². The molecule has 1 amide bonds. The van der Waals surface area contributed by atoms with Crippen LogP contribution in [0.15, 0.2) is 17.0 Å². The number of aryl methyl sites for hydroxylation is 3. The molecule has 1 N–H and O–H groups in total. The molecule has 1 aliphatic heterocycles. The summed E-state index contributed by atoms with van der Waals surface area (Å²) in [5.41, 5.74) is 2.53. The predicted octanol–water partition coefficient (Wildman–Crippen LogP) is 2.68. The molecule has 0 bridgehead atoms. The number of nitrogens with zero attached hydrogens (tertiary/aromatic N) is 1. The van der Waals surface area contributed by atoms with Crippen molar-refractivity contribution in [1.82, 2.24) is 9.62 Å². The van der Waals surface area contributed by atoms with E-state index in [0.717, 1.165) is 36.0 Å². The molecular weight excluding hydrogens is 336 g/mol. The van der Waals surface area contributed by atoms with Crippen LogP contribution in [-0.4, -0.2) is 37.3 Å². The highest BCUT2D eigenvalue weighted by atomic mass is 32.2. The third-order valence-corrected chi connectivity index (χ3v) is 7.59. The Bertz CT molecular complexity index is 761. The molecule has 1 aromatic carbocycles. The van der Waals surface area contributed by atoms with E-state index in [4.69, 9.17) is 0 Å². The first-order valence-electron chi connectivity index (χ1n) is 9.12. The highest BCUT2D eigenvalue weighted by molar-refractivity contribution is 7.89. The topological polar surface area (TPSA) is 66.5 Å². The summed E-state index contributed by atoms with van der Waals surface area (Å²) in [6.45, 7) is 8.03. The van der Waals surface area contributed by atoms with Crippen molar-refractivity contribution < 1.29 is 13.2 Å². The van der Waals surface area contributed by atoms with E-state index in [0.29, 0.717) is 23.8 Å². The highest BCUT2D eigenvalue weighted by Gasteiger charge is 2.41. The normalized spacial score (nSPS) is 22.8. The molecule has 2 fully saturated rings. The first-order valence-corrected chi connectivity index (χ1v) is 10.6. The van der Waals surface area contributed by atoms with Crippen molar-refractivity contribution in [3.8, 4) is 0 Å². The summed E-state index contributed by atoms with van der Waals surface area (Å²) in [7, 11) is -3.68. The molecule has 138 valence electrons. The van der Waals surface area contributed by atoms with Crippen LogP contribution < -0.4 is 5.32 Å². The lowest BCUT2D eigenvalue weighted by atomic mass is 10.1. The van der Waals surface area contributed by atoms with Gasteiger partial charge in [0, 0.05) is 12.6 Å². The van der Waals surface area contributed by atoms with Crippen LogP contribution in [-0.2, 0) is 14.8 Å². The number of carbonyl (C=O) groups excluding carboxylic acids is 1. The Hall–Kier alpha value is -1.40. The smallest absolute Gasteiger partial charge is 0.244 e. The van der Waals surface area contributed by atoms with E-state index in [1.807, 2.05) is 39.8 Å². The van der Waals surface area contributed by atoms with Crippen molar-refractivity contribution in [3.63, 3.8) is 0 Å². The predicted molar refractivity (Wildman–Crippen MR) is 97.9 cm³/mol. The Labute approximate surface area is 150 Å². The zero-order chi connectivity index (χ0) is 18.4. The van der Waals surface area contributed by atoms with Crippen molar-refractivity contribution in [2.24, 2.45) is 5.92 Å². The van der Waals surface area contributed by atoms with Gasteiger partial charge in [0.1, 0.15) is 6.04 Å². The molecule has 1 aliphatic carbocycles. The average Bonchev–Trinajstić information content (AvgIpc) is 3.21. The van der Waals surface area contributed by atoms with Crippen molar-refractivity contribution in [1.29, 1.82) is 0 Å². The molecule has 2 aliphatic rings. The van der Waals surface area contributed by atoms with Crippen LogP contribution in [0.2, 0.25) is 0 Å². The van der Waals surface area contributed by atoms with E-state index >= 15 is 0 Å². The van der Waals surface area contributed by atoms with Crippen LogP contribution in [0, 0.1) is 26.7 Å². The van der Waals surface area contributed by atoms with Crippen molar-refractivity contribution >= 4 is 15.9 Å². The number of amides is 1. The maximum Gasteiger partial charge on any atom is 0.244 e. The molecule has 25 heavy (non-hydrogen) atoms. The van der Waals surface area contributed by atoms with Crippen molar-refractivity contribution in [3.05, 3.63) is 28.8 Å². The zero-order valence-corrected chi connectivity index (χ0v) is 16.3. The lowest BCUT2D eigenvalue weighted by molar-refractivity contribution is -0.124. The summed E-state index contributed by atoms with van der Waals surface area (Å²) < 4.78 is 28.0. The van der Waals surface area contributed by atoms with Gasteiger partial charge in [-0.1, -0.05) is 17.7 Å². The summed E-state index contributed by atoms with van der Waals surface area (Å²) in [4.78, 5) is 13.0. The standard InChI is InChI=1S/C19H28N2O3S/c1-12-10-13(2)18(14(3)11-12)25(23,24)21-9-5-6-17(21)19(22)20-15(4)16-7-8-16/h10-11,15-17H,5-9H2,1-4H3,(H,20,22). The average molecular weight is 365 g/mol. The zero-order valence-electron chi connectivity index (χ0n) is 15.5. The number of benzene rings is 1. The van der Waals surface area contributed by atoms with Gasteiger partial charge in [0.25, 0.3) is 0 Å². The van der Waals surface area contributed by atoms with E-state index in [9.17, 15) is 13.2 Å². The van der Waals surface area contributed by atoms with Crippen molar-refractivity contribution in [2.75, 3.05) is 6.54 Å². The van der Waals surface area contributed by atoms with E-state index in [-0.39, 0.29) is 11.9 Å². The van der Waals surface area contributed by atoms with Gasteiger partial charge in [-0.3, -0.25) is 4.79 Å². The number of sulfonamides is 1. The van der Waals surface area contributed by atoms with Crippen molar-refractivity contribution in [2.45, 2.75) is 70.4 Å². The molecule has 0 radical (unpaired) electrons. The minimum Gasteiger partial charge on any atom is -0.352 e. The Balaban J connectivity index is 1.87. The second kappa shape index (κ2) is 6.72. The number of nitrogens with one attached hydrogen (secondary N) is 1. The first-order chi connectivity index (χ1) is 11.7. The second-order valence-corrected chi connectivity index (χ2v) is 9.46. The van der Waals surface area contributed by atoms with Gasteiger partial charge in [0.05, 0.1) is 4.90 Å². The molecule has 2 unspecified atom stereocenters. The van der Waals surface area contributed by atoms with Crippen LogP contribution in [0.4, 0.5) is 0 Å². The third-order valence-electron chi connectivity index (χ3n) is 5.38. The van der Waals surface area contributed by atoms with Crippen LogP contribution in [0.3, 0.4) is 0 Å². The molecule has 0 spiro atoms. The molecule has 6 heteroatoms. The monoisotopic (exact) mass is 364 g/mol. The van der Waals surface area contributed by atoms with Gasteiger partial charge in [-0.2, -0.15) is 4.31 Å². The Morgan fingerprint density at radius 1 is 1.16 bits per heavy atom. The molecule has 0 aromatic heterocycles. The van der Waals surface area contributed by atoms with Gasteiger partial charge >= 0.3 is 0 Å². The number of hydrogen-bond donors (Lipinski definition) is 1. The lowest BCUT2D eigenvalue weighted by Gasteiger charge is -2.26. The fourth-order valence-corrected chi connectivity index (χ4v) is 6.09. The second-order valence-electron chi connectivity index (χ2n) is 7.64. The van der Waals surface area contributed by atoms with E-state index in [2.05, 4.69) is 5.32 Å². The van der Waals surface area contributed by atoms with Crippen LogP contribution in [0.1, 0.15) is 49.3 Å². The van der Waals surface area contributed by atoms with E-state index in [1.54, 1.807) is 0 Å². The molecule has 3 rings (SSSR count). The van der Waals surface area contributed by atoms with Gasteiger partial charge in [0.2, 0.25) is 15.9 Å². The van der Waals surface area contributed by atoms with Crippen LogP contribution in [0.5, 0.6) is 0 Å². The Kier molecular flexibility index (Phi) is 4.95. The van der Waals surface area contributed by atoms with Gasteiger partial charge in [0.15, 0.2) is 0 Å². The third kappa shape index (κ3) is 3.60. The molecule has 1 aromatic rings. The molecule has 1 heterocycles. The Morgan fingerprint density at radius 3 is 2.32 bits per heavy atom. The van der Waals surface area contributed by atoms with Gasteiger partial charge in [-0.15, -0.1) is 0 Å². The SMILES string of the molecule is Cc1cc(C)c(S(=O)(=O)N2CCCC2C(=O)NC(C)C2CC2)c(C)c1. The summed E-state index contributed by atoms with van der Waals surface area (Å²) in [5.74, 6) is 0.403. The minimum atomic E-state index is -3.68. The molecule has 5 nitrogen and oxygen atoms in total. The number of carbonyl (C=O) groups is 1. The summed E-state index contributed by atoms with van der Waals surface area (Å²) in [6, 6.07) is 3.31. The number of rotatable bonds is 5. The lowest BCUT2D eigenvalue weighted by Crippen LogP contribution is -2.48. The molecular formula is C19H28N2O3S. The highest BCUT2D eigenvalue weighted by Crippen LogP contribution is 2.33. The summed E-state index contributed by atoms with van der Waals surface area (Å²) >= 11 is 0.